The first kappa shape index (κ1) is 22.1. The highest BCUT2D eigenvalue weighted by Gasteiger charge is 2.41. The Labute approximate surface area is 162 Å². The number of likely N-dealkylation sites (N-methyl/N-ethyl adjacent to an activating group) is 1. The van der Waals surface area contributed by atoms with E-state index in [0.717, 1.165) is 0 Å². The Morgan fingerprint density at radius 2 is 2.00 bits per heavy atom. The number of amides is 1. The van der Waals surface area contributed by atoms with Crippen LogP contribution in [0.2, 0.25) is 0 Å². The number of anilines is 3. The van der Waals surface area contributed by atoms with Crippen LogP contribution in [0.1, 0.15) is 36.0 Å². The zero-order valence-corrected chi connectivity index (χ0v) is 16.4. The number of hydrogen-bond acceptors (Lipinski definition) is 6. The molecule has 0 saturated heterocycles. The normalized spacial score (nSPS) is 19.9. The lowest BCUT2D eigenvalue weighted by Gasteiger charge is -2.30. The van der Waals surface area contributed by atoms with Gasteiger partial charge in [0, 0.05) is 33.8 Å². The molecule has 1 aliphatic rings. The summed E-state index contributed by atoms with van der Waals surface area (Å²) in [5.41, 5.74) is 6.57. The number of hydrogen-bond donors (Lipinski definition) is 3. The number of halogens is 3. The first-order chi connectivity index (χ1) is 13.2. The molecule has 1 saturated carbocycles. The van der Waals surface area contributed by atoms with Gasteiger partial charge in [0.15, 0.2) is 5.82 Å². The third-order valence-corrected chi connectivity index (χ3v) is 5.03. The molecule has 158 valence electrons. The number of nitrogens with zero attached hydrogens (tertiary/aromatic N) is 2. The maximum absolute atomic E-state index is 12.8. The molecule has 0 atom stereocenters. The van der Waals surface area contributed by atoms with Gasteiger partial charge in [0.1, 0.15) is 5.82 Å². The Bertz CT molecular complexity index is 676. The number of carbonyl (C=O) groups is 1. The summed E-state index contributed by atoms with van der Waals surface area (Å²) in [5, 5.41) is 5.72. The molecule has 1 aromatic heterocycles. The summed E-state index contributed by atoms with van der Waals surface area (Å²) >= 11 is 0. The van der Waals surface area contributed by atoms with E-state index in [2.05, 4.69) is 15.6 Å². The highest BCUT2D eigenvalue weighted by atomic mass is 19.4. The fraction of sp³-hybridized carbons (Fsp3) is 0.667. The van der Waals surface area contributed by atoms with E-state index in [4.69, 9.17) is 10.5 Å². The number of nitrogen functional groups attached to an aromatic ring is 1. The van der Waals surface area contributed by atoms with Gasteiger partial charge >= 0.3 is 6.18 Å². The molecule has 2 rings (SSSR count). The topological polar surface area (TPSA) is 92.5 Å². The fourth-order valence-electron chi connectivity index (χ4n) is 3.34. The maximum Gasteiger partial charge on any atom is 0.391 e. The second kappa shape index (κ2) is 9.31. The number of ether oxygens (including phenoxy) is 1. The summed E-state index contributed by atoms with van der Waals surface area (Å²) in [6.07, 6.45) is -3.54. The van der Waals surface area contributed by atoms with Gasteiger partial charge in [-0.05, 0) is 31.7 Å². The number of rotatable bonds is 7. The number of aromatic nitrogens is 1. The van der Waals surface area contributed by atoms with Crippen molar-refractivity contribution in [2.45, 2.75) is 37.9 Å². The Hall–Kier alpha value is -2.23. The van der Waals surface area contributed by atoms with E-state index >= 15 is 0 Å². The van der Waals surface area contributed by atoms with Gasteiger partial charge < -0.3 is 26.0 Å². The van der Waals surface area contributed by atoms with Gasteiger partial charge in [-0.2, -0.15) is 13.2 Å². The van der Waals surface area contributed by atoms with E-state index in [1.165, 1.54) is 6.07 Å². The summed E-state index contributed by atoms with van der Waals surface area (Å²) in [4.78, 5) is 19.0. The van der Waals surface area contributed by atoms with Crippen molar-refractivity contribution in [2.24, 2.45) is 5.92 Å². The van der Waals surface area contributed by atoms with Crippen LogP contribution in [0, 0.1) is 5.92 Å². The van der Waals surface area contributed by atoms with Crippen molar-refractivity contribution in [3.63, 3.8) is 0 Å². The SMILES string of the molecule is CNc1nc(N(C)CCOC)c(C(=O)N[C@H]2CC[C@H](C(F)(F)F)CC2)cc1N. The van der Waals surface area contributed by atoms with Crippen LogP contribution in [0.5, 0.6) is 0 Å². The van der Waals surface area contributed by atoms with Crippen molar-refractivity contribution in [2.75, 3.05) is 50.3 Å². The third-order valence-electron chi connectivity index (χ3n) is 5.03. The van der Waals surface area contributed by atoms with Crippen molar-refractivity contribution in [3.05, 3.63) is 11.6 Å². The molecule has 1 fully saturated rings. The van der Waals surface area contributed by atoms with Gasteiger partial charge in [0.25, 0.3) is 5.91 Å². The fourth-order valence-corrected chi connectivity index (χ4v) is 3.34. The monoisotopic (exact) mass is 403 g/mol. The number of nitrogens with one attached hydrogen (secondary N) is 2. The van der Waals surface area contributed by atoms with Crippen molar-refractivity contribution < 1.29 is 22.7 Å². The number of nitrogens with two attached hydrogens (primary N) is 1. The number of carbonyl (C=O) groups excluding carboxylic acids is 1. The highest BCUT2D eigenvalue weighted by Crippen LogP contribution is 2.37. The van der Waals surface area contributed by atoms with Crippen LogP contribution in [-0.4, -0.2) is 57.5 Å². The predicted octanol–water partition coefficient (Wildman–Crippen LogP) is 2.64. The zero-order valence-electron chi connectivity index (χ0n) is 16.4. The van der Waals surface area contributed by atoms with Crippen molar-refractivity contribution >= 4 is 23.2 Å². The third kappa shape index (κ3) is 5.40. The maximum atomic E-state index is 12.8. The summed E-state index contributed by atoms with van der Waals surface area (Å²) in [6, 6.07) is 1.24. The van der Waals surface area contributed by atoms with Crippen LogP contribution in [0.25, 0.3) is 0 Å². The first-order valence-electron chi connectivity index (χ1n) is 9.23. The van der Waals surface area contributed by atoms with Crippen molar-refractivity contribution in [1.82, 2.24) is 10.3 Å². The molecule has 0 spiro atoms. The number of methoxy groups -OCH3 is 1. The Morgan fingerprint density at radius 3 is 2.54 bits per heavy atom. The highest BCUT2D eigenvalue weighted by molar-refractivity contribution is 6.00. The molecule has 0 unspecified atom stereocenters. The van der Waals surface area contributed by atoms with Gasteiger partial charge in [-0.3, -0.25) is 4.79 Å². The van der Waals surface area contributed by atoms with Gasteiger partial charge in [-0.15, -0.1) is 0 Å². The van der Waals surface area contributed by atoms with Crippen LogP contribution < -0.4 is 21.3 Å². The molecule has 1 amide bonds. The van der Waals surface area contributed by atoms with Gasteiger partial charge in [0.2, 0.25) is 0 Å². The lowest BCUT2D eigenvalue weighted by Crippen LogP contribution is -2.40. The minimum atomic E-state index is -4.17. The van der Waals surface area contributed by atoms with Crippen LogP contribution >= 0.6 is 0 Å². The predicted molar refractivity (Wildman–Crippen MR) is 103 cm³/mol. The number of alkyl halides is 3. The smallest absolute Gasteiger partial charge is 0.391 e. The van der Waals surface area contributed by atoms with Crippen LogP contribution in [0.4, 0.5) is 30.5 Å². The quantitative estimate of drug-likeness (QED) is 0.648. The molecular formula is C18H28F3N5O2. The van der Waals surface area contributed by atoms with Crippen LogP contribution in [-0.2, 0) is 4.74 Å². The van der Waals surface area contributed by atoms with Gasteiger partial charge in [-0.1, -0.05) is 0 Å². The molecule has 1 aliphatic carbocycles. The average Bonchev–Trinajstić information content (AvgIpc) is 2.65. The van der Waals surface area contributed by atoms with Crippen molar-refractivity contribution in [1.29, 1.82) is 0 Å². The van der Waals surface area contributed by atoms with E-state index in [1.807, 2.05) is 0 Å². The lowest BCUT2D eigenvalue weighted by atomic mass is 9.85. The Kier molecular flexibility index (Phi) is 7.34. The van der Waals surface area contributed by atoms with Crippen LogP contribution in [0.3, 0.4) is 0 Å². The first-order valence-corrected chi connectivity index (χ1v) is 9.23. The lowest BCUT2D eigenvalue weighted by molar-refractivity contribution is -0.182. The zero-order chi connectivity index (χ0) is 20.9. The molecule has 0 aromatic carbocycles. The minimum absolute atomic E-state index is 0.0220. The molecule has 4 N–H and O–H groups in total. The molecule has 10 heteroatoms. The van der Waals surface area contributed by atoms with E-state index in [-0.39, 0.29) is 24.4 Å². The van der Waals surface area contributed by atoms with E-state index in [1.54, 1.807) is 26.1 Å². The molecule has 7 nitrogen and oxygen atoms in total. The summed E-state index contributed by atoms with van der Waals surface area (Å²) in [6.45, 7) is 0.952. The summed E-state index contributed by atoms with van der Waals surface area (Å²) in [5.74, 6) is -0.807. The summed E-state index contributed by atoms with van der Waals surface area (Å²) in [7, 11) is 5.03. The summed E-state index contributed by atoms with van der Waals surface area (Å²) < 4.78 is 43.5. The second-order valence-electron chi connectivity index (χ2n) is 7.03. The Morgan fingerprint density at radius 1 is 1.36 bits per heavy atom. The standard InChI is InChI=1S/C18H28F3N5O2/c1-23-15-14(22)10-13(16(25-15)26(2)8-9-28-3)17(27)24-12-6-4-11(5-7-12)18(19,20)21/h10-12H,4-9,22H2,1-3H3,(H,23,25)(H,24,27)/t11-,12-. The largest absolute Gasteiger partial charge is 0.396 e. The molecule has 0 bridgehead atoms. The van der Waals surface area contributed by atoms with Gasteiger partial charge in [-0.25, -0.2) is 4.98 Å². The van der Waals surface area contributed by atoms with E-state index in [9.17, 15) is 18.0 Å². The molecular weight excluding hydrogens is 375 g/mol. The van der Waals surface area contributed by atoms with E-state index < -0.39 is 18.0 Å². The molecule has 1 heterocycles. The van der Waals surface area contributed by atoms with Crippen molar-refractivity contribution in [3.8, 4) is 0 Å². The Balaban J connectivity index is 2.14. The van der Waals surface area contributed by atoms with E-state index in [0.29, 0.717) is 43.3 Å². The van der Waals surface area contributed by atoms with Gasteiger partial charge in [0.05, 0.1) is 23.8 Å². The average molecular weight is 403 g/mol. The minimum Gasteiger partial charge on any atom is -0.396 e. The molecule has 0 aliphatic heterocycles. The molecule has 0 radical (unpaired) electrons. The molecule has 28 heavy (non-hydrogen) atoms. The number of pyridine rings is 1. The van der Waals surface area contributed by atoms with Crippen LogP contribution in [0.15, 0.2) is 6.07 Å². The molecule has 1 aromatic rings. The second-order valence-corrected chi connectivity index (χ2v) is 7.03.